The van der Waals surface area contributed by atoms with E-state index in [2.05, 4.69) is 19.9 Å². The van der Waals surface area contributed by atoms with Gasteiger partial charge in [-0.2, -0.15) is 0 Å². The molecule has 5 atom stereocenters. The standard InChI is InChI=1S/C19H30O/c1-17-10-5-12-19(17,20)16-8-7-14-6-3-4-11-18(14,2)15(16)9-13-17/h6,15-16,20H,3-5,7-13H2,1-2H3/t15-,16+,17-,18-,19-/m0/s1. The summed E-state index contributed by atoms with van der Waals surface area (Å²) >= 11 is 0. The SMILES string of the molecule is C[C@@]12CCC[C@]1(O)[C@@H]1CCC3=CCCC[C@]3(C)[C@H]1CC2. The zero-order valence-corrected chi connectivity index (χ0v) is 13.3. The van der Waals surface area contributed by atoms with E-state index in [-0.39, 0.29) is 11.0 Å². The molecule has 0 unspecified atom stereocenters. The molecule has 0 spiro atoms. The Morgan fingerprint density at radius 1 is 1.00 bits per heavy atom. The molecule has 4 aliphatic carbocycles. The summed E-state index contributed by atoms with van der Waals surface area (Å²) in [6.07, 6.45) is 15.3. The summed E-state index contributed by atoms with van der Waals surface area (Å²) in [7, 11) is 0. The molecule has 3 fully saturated rings. The summed E-state index contributed by atoms with van der Waals surface area (Å²) < 4.78 is 0. The van der Waals surface area contributed by atoms with Crippen LogP contribution in [0.5, 0.6) is 0 Å². The largest absolute Gasteiger partial charge is 0.389 e. The van der Waals surface area contributed by atoms with Crippen LogP contribution in [-0.4, -0.2) is 10.7 Å². The fourth-order valence-corrected chi connectivity index (χ4v) is 6.71. The minimum absolute atomic E-state index is 0.223. The first-order chi connectivity index (χ1) is 9.50. The maximum Gasteiger partial charge on any atom is 0.0732 e. The zero-order valence-electron chi connectivity index (χ0n) is 13.3. The molecular weight excluding hydrogens is 244 g/mol. The first-order valence-corrected chi connectivity index (χ1v) is 8.92. The fraction of sp³-hybridized carbons (Fsp3) is 0.895. The third-order valence-electron chi connectivity index (χ3n) is 8.01. The molecule has 1 nitrogen and oxygen atoms in total. The predicted octanol–water partition coefficient (Wildman–Crippen LogP) is 4.84. The lowest BCUT2D eigenvalue weighted by Gasteiger charge is -2.60. The average molecular weight is 274 g/mol. The van der Waals surface area contributed by atoms with E-state index in [1.807, 2.05) is 0 Å². The molecule has 112 valence electrons. The van der Waals surface area contributed by atoms with Gasteiger partial charge in [-0.1, -0.05) is 25.5 Å². The highest BCUT2D eigenvalue weighted by molar-refractivity contribution is 5.25. The highest BCUT2D eigenvalue weighted by Gasteiger charge is 2.63. The number of fused-ring (bicyclic) bond motifs is 5. The van der Waals surface area contributed by atoms with Crippen molar-refractivity contribution in [3.8, 4) is 0 Å². The molecule has 4 aliphatic rings. The molecule has 1 N–H and O–H groups in total. The van der Waals surface area contributed by atoms with Crippen LogP contribution in [0.2, 0.25) is 0 Å². The molecule has 0 heterocycles. The van der Waals surface area contributed by atoms with Crippen LogP contribution in [0, 0.1) is 22.7 Å². The Hall–Kier alpha value is -0.300. The van der Waals surface area contributed by atoms with Gasteiger partial charge in [-0.15, -0.1) is 0 Å². The van der Waals surface area contributed by atoms with Crippen LogP contribution in [0.15, 0.2) is 11.6 Å². The van der Waals surface area contributed by atoms with Crippen molar-refractivity contribution in [1.29, 1.82) is 0 Å². The van der Waals surface area contributed by atoms with Crippen molar-refractivity contribution in [2.24, 2.45) is 22.7 Å². The van der Waals surface area contributed by atoms with E-state index >= 15 is 0 Å². The lowest BCUT2D eigenvalue weighted by Crippen LogP contribution is -2.59. The fourth-order valence-electron chi connectivity index (χ4n) is 6.71. The molecule has 0 aromatic carbocycles. The van der Waals surface area contributed by atoms with Gasteiger partial charge in [0.2, 0.25) is 0 Å². The zero-order chi connectivity index (χ0) is 14.0. The van der Waals surface area contributed by atoms with Crippen LogP contribution in [-0.2, 0) is 0 Å². The molecular formula is C19H30O. The van der Waals surface area contributed by atoms with Crippen LogP contribution in [0.1, 0.15) is 78.1 Å². The van der Waals surface area contributed by atoms with Crippen LogP contribution in [0.25, 0.3) is 0 Å². The summed E-state index contributed by atoms with van der Waals surface area (Å²) in [6, 6.07) is 0. The highest BCUT2D eigenvalue weighted by Crippen LogP contribution is 2.66. The van der Waals surface area contributed by atoms with Gasteiger partial charge in [0, 0.05) is 0 Å². The molecule has 1 heteroatoms. The van der Waals surface area contributed by atoms with Crippen LogP contribution in [0.3, 0.4) is 0 Å². The van der Waals surface area contributed by atoms with E-state index in [1.54, 1.807) is 5.57 Å². The summed E-state index contributed by atoms with van der Waals surface area (Å²) in [5, 5.41) is 11.6. The lowest BCUT2D eigenvalue weighted by molar-refractivity contribution is -0.173. The lowest BCUT2D eigenvalue weighted by atomic mass is 9.46. The van der Waals surface area contributed by atoms with Gasteiger partial charge >= 0.3 is 0 Å². The third-order valence-corrected chi connectivity index (χ3v) is 8.01. The minimum atomic E-state index is -0.345. The Kier molecular flexibility index (Phi) is 2.76. The molecule has 0 amide bonds. The van der Waals surface area contributed by atoms with Crippen molar-refractivity contribution in [2.75, 3.05) is 0 Å². The molecule has 0 bridgehead atoms. The third kappa shape index (κ3) is 1.48. The number of allylic oxidation sites excluding steroid dienone is 2. The number of hydrogen-bond acceptors (Lipinski definition) is 1. The second kappa shape index (κ2) is 4.12. The Morgan fingerprint density at radius 2 is 1.85 bits per heavy atom. The van der Waals surface area contributed by atoms with Gasteiger partial charge in [0.15, 0.2) is 0 Å². The Morgan fingerprint density at radius 3 is 2.70 bits per heavy atom. The highest BCUT2D eigenvalue weighted by atomic mass is 16.3. The van der Waals surface area contributed by atoms with Crippen molar-refractivity contribution in [3.05, 3.63) is 11.6 Å². The molecule has 4 rings (SSSR count). The minimum Gasteiger partial charge on any atom is -0.389 e. The topological polar surface area (TPSA) is 20.2 Å². The van der Waals surface area contributed by atoms with Crippen molar-refractivity contribution in [2.45, 2.75) is 83.7 Å². The summed E-state index contributed by atoms with van der Waals surface area (Å²) in [5.74, 6) is 1.32. The Balaban J connectivity index is 1.74. The second-order valence-corrected chi connectivity index (χ2v) is 8.67. The van der Waals surface area contributed by atoms with Crippen molar-refractivity contribution in [1.82, 2.24) is 0 Å². The quantitative estimate of drug-likeness (QED) is 0.626. The van der Waals surface area contributed by atoms with Gasteiger partial charge in [0.05, 0.1) is 5.60 Å². The smallest absolute Gasteiger partial charge is 0.0732 e. The van der Waals surface area contributed by atoms with Crippen molar-refractivity contribution >= 4 is 0 Å². The van der Waals surface area contributed by atoms with E-state index in [0.29, 0.717) is 11.3 Å². The van der Waals surface area contributed by atoms with E-state index in [4.69, 9.17) is 0 Å². The molecule has 20 heavy (non-hydrogen) atoms. The average Bonchev–Trinajstić information content (AvgIpc) is 2.74. The molecule has 0 aromatic rings. The van der Waals surface area contributed by atoms with Crippen LogP contribution < -0.4 is 0 Å². The van der Waals surface area contributed by atoms with Crippen molar-refractivity contribution < 1.29 is 5.11 Å². The van der Waals surface area contributed by atoms with Gasteiger partial charge in [0.25, 0.3) is 0 Å². The molecule has 0 aliphatic heterocycles. The van der Waals surface area contributed by atoms with E-state index in [1.165, 1.54) is 57.8 Å². The molecule has 0 radical (unpaired) electrons. The van der Waals surface area contributed by atoms with Gasteiger partial charge < -0.3 is 5.11 Å². The number of aliphatic hydroxyl groups is 1. The van der Waals surface area contributed by atoms with Gasteiger partial charge in [-0.3, -0.25) is 0 Å². The Bertz CT molecular complexity index is 453. The summed E-state index contributed by atoms with van der Waals surface area (Å²) in [4.78, 5) is 0. The van der Waals surface area contributed by atoms with E-state index in [0.717, 1.165) is 12.3 Å². The monoisotopic (exact) mass is 274 g/mol. The van der Waals surface area contributed by atoms with Gasteiger partial charge in [-0.25, -0.2) is 0 Å². The van der Waals surface area contributed by atoms with Crippen molar-refractivity contribution in [3.63, 3.8) is 0 Å². The van der Waals surface area contributed by atoms with E-state index < -0.39 is 0 Å². The second-order valence-electron chi connectivity index (χ2n) is 8.67. The predicted molar refractivity (Wildman–Crippen MR) is 82.4 cm³/mol. The van der Waals surface area contributed by atoms with Gasteiger partial charge in [0.1, 0.15) is 0 Å². The molecule has 0 saturated heterocycles. The summed E-state index contributed by atoms with van der Waals surface area (Å²) in [6.45, 7) is 4.90. The number of hydrogen-bond donors (Lipinski definition) is 1. The molecule has 0 aromatic heterocycles. The van der Waals surface area contributed by atoms with Gasteiger partial charge in [-0.05, 0) is 86.9 Å². The maximum atomic E-state index is 11.6. The Labute approximate surface area is 123 Å². The molecule has 3 saturated carbocycles. The first-order valence-electron chi connectivity index (χ1n) is 8.92. The maximum absolute atomic E-state index is 11.6. The number of rotatable bonds is 0. The normalized spacial score (nSPS) is 54.6. The van der Waals surface area contributed by atoms with E-state index in [9.17, 15) is 5.11 Å². The van der Waals surface area contributed by atoms with Crippen LogP contribution in [0.4, 0.5) is 0 Å². The van der Waals surface area contributed by atoms with Crippen LogP contribution >= 0.6 is 0 Å². The first kappa shape index (κ1) is 13.4. The summed E-state index contributed by atoms with van der Waals surface area (Å²) in [5.41, 5.74) is 2.04.